The van der Waals surface area contributed by atoms with E-state index >= 15 is 0 Å². The summed E-state index contributed by atoms with van der Waals surface area (Å²) >= 11 is 0. The number of carbonyl (C=O) groups excluding carboxylic acids is 1. The Balaban J connectivity index is 2.39. The molecule has 1 aromatic rings. The summed E-state index contributed by atoms with van der Waals surface area (Å²) in [5.74, 6) is 1.05. The normalized spacial score (nSPS) is 19.4. The van der Waals surface area contributed by atoms with Crippen LogP contribution in [0, 0.1) is 19.8 Å². The van der Waals surface area contributed by atoms with Gasteiger partial charge in [-0.15, -0.1) is 0 Å². The maximum atomic E-state index is 12.6. The molecule has 3 nitrogen and oxygen atoms in total. The van der Waals surface area contributed by atoms with Crippen molar-refractivity contribution in [1.82, 2.24) is 4.90 Å². The Morgan fingerprint density at radius 1 is 1.33 bits per heavy atom. The van der Waals surface area contributed by atoms with Gasteiger partial charge in [0.05, 0.1) is 12.2 Å². The van der Waals surface area contributed by atoms with Crippen LogP contribution in [0.3, 0.4) is 0 Å². The summed E-state index contributed by atoms with van der Waals surface area (Å²) in [6.45, 7) is 5.44. The quantitative estimate of drug-likeness (QED) is 0.804. The second-order valence-electron chi connectivity index (χ2n) is 5.42. The fourth-order valence-electron chi connectivity index (χ4n) is 2.60. The van der Waals surface area contributed by atoms with Crippen molar-refractivity contribution >= 4 is 5.78 Å². The first kappa shape index (κ1) is 13.1. The van der Waals surface area contributed by atoms with Gasteiger partial charge < -0.3 is 9.64 Å². The Bertz CT molecular complexity index is 466. The van der Waals surface area contributed by atoms with E-state index in [0.717, 1.165) is 35.4 Å². The molecule has 0 saturated carbocycles. The van der Waals surface area contributed by atoms with Gasteiger partial charge in [-0.05, 0) is 51.6 Å². The minimum Gasteiger partial charge on any atom is -0.493 e. The van der Waals surface area contributed by atoms with Crippen LogP contribution in [0.4, 0.5) is 0 Å². The largest absolute Gasteiger partial charge is 0.493 e. The molecule has 0 fully saturated rings. The number of ketones is 1. The van der Waals surface area contributed by atoms with Crippen molar-refractivity contribution in [2.75, 3.05) is 27.2 Å². The number of nitrogens with zero attached hydrogens (tertiary/aromatic N) is 1. The first-order valence-corrected chi connectivity index (χ1v) is 6.42. The lowest BCUT2D eigenvalue weighted by atomic mass is 9.93. The van der Waals surface area contributed by atoms with Gasteiger partial charge in [0.1, 0.15) is 5.75 Å². The third kappa shape index (κ3) is 2.56. The van der Waals surface area contributed by atoms with E-state index in [-0.39, 0.29) is 11.7 Å². The average Bonchev–Trinajstić information content (AvgIpc) is 2.41. The summed E-state index contributed by atoms with van der Waals surface area (Å²) in [6, 6.07) is 4.02. The molecule has 0 amide bonds. The molecule has 0 bridgehead atoms. The number of rotatable bonds is 2. The Hall–Kier alpha value is -1.35. The molecule has 0 saturated heterocycles. The van der Waals surface area contributed by atoms with Gasteiger partial charge in [-0.1, -0.05) is 6.07 Å². The first-order chi connectivity index (χ1) is 8.49. The zero-order valence-corrected chi connectivity index (χ0v) is 11.6. The number of hydrogen-bond donors (Lipinski definition) is 0. The summed E-state index contributed by atoms with van der Waals surface area (Å²) in [5, 5.41) is 0. The summed E-state index contributed by atoms with van der Waals surface area (Å²) < 4.78 is 5.78. The highest BCUT2D eigenvalue weighted by Crippen LogP contribution is 2.31. The number of Topliss-reactive ketones (excluding diaryl/α,β-unsaturated/α-hetero) is 1. The lowest BCUT2D eigenvalue weighted by Gasteiger charge is -2.17. The standard InChI is InChI=1S/C15H21NO2/c1-10-7-11(2)15-13(8-10)14(17)12(5-6-18-15)9-16(3)4/h7-8,12H,5-6,9H2,1-4H3. The minimum absolute atomic E-state index is 0.0439. The first-order valence-electron chi connectivity index (χ1n) is 6.42. The van der Waals surface area contributed by atoms with Crippen molar-refractivity contribution < 1.29 is 9.53 Å². The molecule has 0 aromatic heterocycles. The molecule has 98 valence electrons. The number of benzene rings is 1. The van der Waals surface area contributed by atoms with Crippen molar-refractivity contribution in [3.63, 3.8) is 0 Å². The number of aryl methyl sites for hydroxylation is 2. The molecular formula is C15H21NO2. The van der Waals surface area contributed by atoms with Crippen molar-refractivity contribution in [3.05, 3.63) is 28.8 Å². The third-order valence-corrected chi connectivity index (χ3v) is 3.35. The highest BCUT2D eigenvalue weighted by atomic mass is 16.5. The van der Waals surface area contributed by atoms with E-state index < -0.39 is 0 Å². The van der Waals surface area contributed by atoms with Crippen LogP contribution in [0.1, 0.15) is 27.9 Å². The smallest absolute Gasteiger partial charge is 0.171 e. The molecule has 18 heavy (non-hydrogen) atoms. The number of hydrogen-bond acceptors (Lipinski definition) is 3. The predicted molar refractivity (Wildman–Crippen MR) is 72.4 cm³/mol. The molecule has 0 N–H and O–H groups in total. The van der Waals surface area contributed by atoms with Crippen LogP contribution in [-0.4, -0.2) is 37.9 Å². The van der Waals surface area contributed by atoms with E-state index in [1.165, 1.54) is 0 Å². The molecular weight excluding hydrogens is 226 g/mol. The van der Waals surface area contributed by atoms with Crippen LogP contribution in [0.25, 0.3) is 0 Å². The lowest BCUT2D eigenvalue weighted by molar-refractivity contribution is 0.0891. The van der Waals surface area contributed by atoms with Crippen LogP contribution in [0.2, 0.25) is 0 Å². The van der Waals surface area contributed by atoms with Gasteiger partial charge in [0.15, 0.2) is 5.78 Å². The zero-order valence-electron chi connectivity index (χ0n) is 11.6. The van der Waals surface area contributed by atoms with Crippen LogP contribution in [-0.2, 0) is 0 Å². The van der Waals surface area contributed by atoms with E-state index in [0.29, 0.717) is 6.61 Å². The van der Waals surface area contributed by atoms with Crippen molar-refractivity contribution in [2.24, 2.45) is 5.92 Å². The summed E-state index contributed by atoms with van der Waals surface area (Å²) in [7, 11) is 4.00. The highest BCUT2D eigenvalue weighted by molar-refractivity contribution is 6.01. The van der Waals surface area contributed by atoms with Crippen molar-refractivity contribution in [2.45, 2.75) is 20.3 Å². The highest BCUT2D eigenvalue weighted by Gasteiger charge is 2.27. The molecule has 0 radical (unpaired) electrons. The van der Waals surface area contributed by atoms with Crippen LogP contribution >= 0.6 is 0 Å². The fraction of sp³-hybridized carbons (Fsp3) is 0.533. The fourth-order valence-corrected chi connectivity index (χ4v) is 2.60. The van der Waals surface area contributed by atoms with Crippen LogP contribution < -0.4 is 4.74 Å². The molecule has 1 aliphatic rings. The maximum Gasteiger partial charge on any atom is 0.171 e. The monoisotopic (exact) mass is 247 g/mol. The van der Waals surface area contributed by atoms with Gasteiger partial charge in [-0.3, -0.25) is 4.79 Å². The Morgan fingerprint density at radius 2 is 2.06 bits per heavy atom. The van der Waals surface area contributed by atoms with Gasteiger partial charge >= 0.3 is 0 Å². The van der Waals surface area contributed by atoms with Gasteiger partial charge in [-0.25, -0.2) is 0 Å². The minimum atomic E-state index is 0.0439. The third-order valence-electron chi connectivity index (χ3n) is 3.35. The molecule has 3 heteroatoms. The molecule has 0 aliphatic carbocycles. The lowest BCUT2D eigenvalue weighted by Crippen LogP contribution is -2.28. The molecule has 2 rings (SSSR count). The number of fused-ring (bicyclic) bond motifs is 1. The SMILES string of the molecule is Cc1cc(C)c2c(c1)C(=O)C(CN(C)C)CCO2. The molecule has 1 heterocycles. The number of ether oxygens (including phenoxy) is 1. The van der Waals surface area contributed by atoms with Crippen molar-refractivity contribution in [3.8, 4) is 5.75 Å². The van der Waals surface area contributed by atoms with Gasteiger partial charge in [-0.2, -0.15) is 0 Å². The van der Waals surface area contributed by atoms with E-state index in [9.17, 15) is 4.79 Å². The zero-order chi connectivity index (χ0) is 13.3. The Labute approximate surface area is 109 Å². The Morgan fingerprint density at radius 3 is 2.72 bits per heavy atom. The molecule has 1 unspecified atom stereocenters. The summed E-state index contributed by atoms with van der Waals surface area (Å²) in [4.78, 5) is 14.6. The van der Waals surface area contributed by atoms with Crippen LogP contribution in [0.15, 0.2) is 12.1 Å². The second-order valence-corrected chi connectivity index (χ2v) is 5.42. The molecule has 1 aliphatic heterocycles. The van der Waals surface area contributed by atoms with Crippen LogP contribution in [0.5, 0.6) is 5.75 Å². The average molecular weight is 247 g/mol. The molecule has 1 aromatic carbocycles. The number of carbonyl (C=O) groups is 1. The summed E-state index contributed by atoms with van der Waals surface area (Å²) in [5.41, 5.74) is 2.94. The predicted octanol–water partition coefficient (Wildman–Crippen LogP) is 2.45. The Kier molecular flexibility index (Phi) is 3.71. The van der Waals surface area contributed by atoms with E-state index in [4.69, 9.17) is 4.74 Å². The van der Waals surface area contributed by atoms with E-state index in [2.05, 4.69) is 11.0 Å². The second kappa shape index (κ2) is 5.11. The van der Waals surface area contributed by atoms with Gasteiger partial charge in [0, 0.05) is 12.5 Å². The topological polar surface area (TPSA) is 29.5 Å². The van der Waals surface area contributed by atoms with Gasteiger partial charge in [0.25, 0.3) is 0 Å². The summed E-state index contributed by atoms with van der Waals surface area (Å²) in [6.07, 6.45) is 0.796. The molecule has 1 atom stereocenters. The molecule has 0 spiro atoms. The maximum absolute atomic E-state index is 12.6. The van der Waals surface area contributed by atoms with Gasteiger partial charge in [0.2, 0.25) is 0 Å². The van der Waals surface area contributed by atoms with E-state index in [1.807, 2.05) is 34.0 Å². The van der Waals surface area contributed by atoms with Crippen molar-refractivity contribution in [1.29, 1.82) is 0 Å². The van der Waals surface area contributed by atoms with E-state index in [1.54, 1.807) is 0 Å².